The molecule has 0 spiro atoms. The highest BCUT2D eigenvalue weighted by Crippen LogP contribution is 2.64. The quantitative estimate of drug-likeness (QED) is 0.493. The summed E-state index contributed by atoms with van der Waals surface area (Å²) in [5.74, 6) is 0. The Morgan fingerprint density at radius 1 is 1.22 bits per heavy atom. The van der Waals surface area contributed by atoms with Gasteiger partial charge in [0.1, 0.15) is 0 Å². The van der Waals surface area contributed by atoms with Crippen LogP contribution in [-0.2, 0) is 11.8 Å². The first-order valence-corrected chi connectivity index (χ1v) is 6.71. The summed E-state index contributed by atoms with van der Waals surface area (Å²) in [7, 11) is 0. The minimum atomic E-state index is -0.843. The summed E-state index contributed by atoms with van der Waals surface area (Å²) in [4.78, 5) is 0. The molecular weight excluding hydrogens is 147 g/mol. The molecule has 1 saturated heterocycles. The van der Waals surface area contributed by atoms with Gasteiger partial charge in [0.25, 0.3) is 0 Å². The predicted octanol–water partition coefficient (Wildman–Crippen LogP) is 2.67. The van der Waals surface area contributed by atoms with Crippen LogP contribution in [0.5, 0.6) is 0 Å². The van der Waals surface area contributed by atoms with Crippen LogP contribution in [-0.4, -0.2) is 17.5 Å². The van der Waals surface area contributed by atoms with Gasteiger partial charge in [-0.1, -0.05) is 32.6 Å². The van der Waals surface area contributed by atoms with E-state index in [1.807, 2.05) is 0 Å². The molecule has 1 fully saturated rings. The van der Waals surface area contributed by atoms with Crippen LogP contribution in [0, 0.1) is 0 Å². The van der Waals surface area contributed by atoms with E-state index in [1.54, 1.807) is 0 Å². The van der Waals surface area contributed by atoms with Gasteiger partial charge in [-0.2, -0.15) is 0 Å². The summed E-state index contributed by atoms with van der Waals surface area (Å²) in [5, 5.41) is 0.459. The maximum atomic E-state index is 5.58. The second-order valence-corrected chi connectivity index (χ2v) is 9.97. The van der Waals surface area contributed by atoms with Crippen LogP contribution < -0.4 is 0 Å². The third-order valence-electron chi connectivity index (χ3n) is 2.26. The molecule has 0 saturated carbocycles. The van der Waals surface area contributed by atoms with Crippen molar-refractivity contribution in [3.05, 3.63) is 0 Å². The Labute approximate surface area is 63.0 Å². The molecule has 9 heavy (non-hydrogen) atoms. The van der Waals surface area contributed by atoms with Gasteiger partial charge in [-0.3, -0.25) is 0 Å². The molecule has 0 nitrogen and oxygen atoms in total. The normalized spacial score (nSPS) is 25.2. The second-order valence-electron chi connectivity index (χ2n) is 3.86. The van der Waals surface area contributed by atoms with E-state index in [0.29, 0.717) is 5.16 Å². The van der Waals surface area contributed by atoms with E-state index >= 15 is 0 Å². The van der Waals surface area contributed by atoms with Gasteiger partial charge in [0.15, 0.2) is 0 Å². The van der Waals surface area contributed by atoms with Crippen LogP contribution >= 0.6 is 6.04 Å². The van der Waals surface area contributed by atoms with Crippen molar-refractivity contribution in [3.63, 3.8) is 0 Å². The molecule has 0 atom stereocenters. The van der Waals surface area contributed by atoms with Crippen molar-refractivity contribution in [3.8, 4) is 0 Å². The van der Waals surface area contributed by atoms with Crippen LogP contribution in [0.1, 0.15) is 27.2 Å². The van der Waals surface area contributed by atoms with Crippen molar-refractivity contribution in [2.45, 2.75) is 32.3 Å². The van der Waals surface area contributed by atoms with Gasteiger partial charge in [-0.05, 0) is 29.9 Å². The first-order valence-electron chi connectivity index (χ1n) is 3.54. The Hall–Kier alpha value is 0.650. The summed E-state index contributed by atoms with van der Waals surface area (Å²) < 4.78 is 0. The molecule has 0 aromatic heterocycles. The smallest absolute Gasteiger partial charge is 0.00889 e. The zero-order valence-corrected chi connectivity index (χ0v) is 8.19. The summed E-state index contributed by atoms with van der Waals surface area (Å²) in [6.07, 6.45) is 4.13. The molecule has 0 unspecified atom stereocenters. The highest BCUT2D eigenvalue weighted by atomic mass is 32.4. The van der Waals surface area contributed by atoms with Crippen LogP contribution in [0.2, 0.25) is 0 Å². The largest absolute Gasteiger partial charge is 0.0969 e. The fourth-order valence-electron chi connectivity index (χ4n) is 1.12. The van der Waals surface area contributed by atoms with Gasteiger partial charge < -0.3 is 0 Å². The van der Waals surface area contributed by atoms with Crippen molar-refractivity contribution in [1.29, 1.82) is 0 Å². The minimum Gasteiger partial charge on any atom is -0.0969 e. The molecule has 0 amide bonds. The average Bonchev–Trinajstić information content (AvgIpc) is 1.57. The topological polar surface area (TPSA) is 0 Å². The predicted molar refractivity (Wildman–Crippen MR) is 48.4 cm³/mol. The summed E-state index contributed by atoms with van der Waals surface area (Å²) in [6.45, 7) is 6.90. The van der Waals surface area contributed by atoms with E-state index < -0.39 is 6.04 Å². The molecule has 0 aromatic carbocycles. The van der Waals surface area contributed by atoms with Gasteiger partial charge in [-0.25, -0.2) is 0 Å². The first-order chi connectivity index (χ1) is 3.96. The molecule has 2 heteroatoms. The molecule has 1 heterocycles. The molecule has 1 aliphatic heterocycles. The Morgan fingerprint density at radius 2 is 1.67 bits per heavy atom. The van der Waals surface area contributed by atoms with Crippen LogP contribution in [0.4, 0.5) is 0 Å². The lowest BCUT2D eigenvalue weighted by Crippen LogP contribution is -2.25. The van der Waals surface area contributed by atoms with Crippen molar-refractivity contribution >= 4 is 17.8 Å². The molecule has 54 valence electrons. The van der Waals surface area contributed by atoms with Gasteiger partial charge in [0.05, 0.1) is 0 Å². The number of hydrogen-bond donors (Lipinski definition) is 0. The molecule has 1 aliphatic rings. The van der Waals surface area contributed by atoms with Crippen LogP contribution in [0.3, 0.4) is 0 Å². The highest BCUT2D eigenvalue weighted by molar-refractivity contribution is 8.16. The van der Waals surface area contributed by atoms with E-state index in [-0.39, 0.29) is 0 Å². The van der Waals surface area contributed by atoms with Crippen LogP contribution in [0.25, 0.3) is 0 Å². The van der Waals surface area contributed by atoms with E-state index in [0.717, 1.165) is 0 Å². The van der Waals surface area contributed by atoms with Crippen molar-refractivity contribution in [2.75, 3.05) is 12.3 Å². The lowest BCUT2D eigenvalue weighted by atomic mass is 10.3. The molecule has 0 bridgehead atoms. The SMILES string of the molecule is CC(C)(C)P1(=S)CCC1. The van der Waals surface area contributed by atoms with E-state index in [4.69, 9.17) is 11.8 Å². The van der Waals surface area contributed by atoms with Gasteiger partial charge in [-0.15, -0.1) is 0 Å². The van der Waals surface area contributed by atoms with Gasteiger partial charge >= 0.3 is 0 Å². The third kappa shape index (κ3) is 1.23. The van der Waals surface area contributed by atoms with Crippen molar-refractivity contribution < 1.29 is 0 Å². The maximum absolute atomic E-state index is 5.58. The van der Waals surface area contributed by atoms with Gasteiger partial charge in [0, 0.05) is 0 Å². The maximum Gasteiger partial charge on any atom is -0.00889 e. The Bertz CT molecular complexity index is 147. The van der Waals surface area contributed by atoms with Gasteiger partial charge in [0.2, 0.25) is 0 Å². The molecule has 0 radical (unpaired) electrons. The molecular formula is C7H15PS. The van der Waals surface area contributed by atoms with E-state index in [2.05, 4.69) is 20.8 Å². The summed E-state index contributed by atoms with van der Waals surface area (Å²) in [5.41, 5.74) is 0. The standard InChI is InChI=1S/C7H15PS/c1-7(2,3)8(9)5-4-6-8/h4-6H2,1-3H3. The fraction of sp³-hybridized carbons (Fsp3) is 1.00. The number of rotatable bonds is 0. The van der Waals surface area contributed by atoms with Crippen molar-refractivity contribution in [1.82, 2.24) is 0 Å². The molecule has 1 rings (SSSR count). The fourth-order valence-corrected chi connectivity index (χ4v) is 4.12. The van der Waals surface area contributed by atoms with Crippen molar-refractivity contribution in [2.24, 2.45) is 0 Å². The van der Waals surface area contributed by atoms with Crippen LogP contribution in [0.15, 0.2) is 0 Å². The lowest BCUT2D eigenvalue weighted by molar-refractivity contribution is 0.753. The third-order valence-corrected chi connectivity index (χ3v) is 9.52. The minimum absolute atomic E-state index is 0.459. The second kappa shape index (κ2) is 2.07. The Kier molecular flexibility index (Phi) is 1.78. The molecule has 0 aliphatic carbocycles. The first kappa shape index (κ1) is 7.75. The lowest BCUT2D eigenvalue weighted by Gasteiger charge is -2.42. The van der Waals surface area contributed by atoms with E-state index in [1.165, 1.54) is 18.7 Å². The molecule has 0 aromatic rings. The Balaban J connectivity index is 2.71. The average molecular weight is 162 g/mol. The molecule has 0 N–H and O–H groups in total. The zero-order valence-electron chi connectivity index (χ0n) is 6.48. The highest BCUT2D eigenvalue weighted by Gasteiger charge is 2.36. The monoisotopic (exact) mass is 162 g/mol. The summed E-state index contributed by atoms with van der Waals surface area (Å²) in [6, 6.07) is -0.843. The Morgan fingerprint density at radius 3 is 1.67 bits per heavy atom. The van der Waals surface area contributed by atoms with E-state index in [9.17, 15) is 0 Å². The zero-order chi connectivity index (χ0) is 7.12. The summed E-state index contributed by atoms with van der Waals surface area (Å²) >= 11 is 5.58. The number of hydrogen-bond acceptors (Lipinski definition) is 1.